The maximum atomic E-state index is 12.6. The van der Waals surface area contributed by atoms with Gasteiger partial charge < -0.3 is 10.0 Å². The fourth-order valence-electron chi connectivity index (χ4n) is 3.37. The number of hydrogen-bond acceptors (Lipinski definition) is 3. The standard InChI is InChI=1S/C16H24F3N3O2/c1-10-12(11(2)22(20-10)9-16(17,18)19)8-14(23)21-7-5-6-13(21)15(3,4)24/h13,24H,5-9H2,1-4H3. The van der Waals surface area contributed by atoms with E-state index >= 15 is 0 Å². The minimum atomic E-state index is -4.36. The van der Waals surface area contributed by atoms with Crippen molar-refractivity contribution in [2.75, 3.05) is 6.54 Å². The number of aromatic nitrogens is 2. The second-order valence-corrected chi connectivity index (χ2v) is 7.00. The van der Waals surface area contributed by atoms with Gasteiger partial charge in [-0.15, -0.1) is 0 Å². The molecule has 0 radical (unpaired) electrons. The van der Waals surface area contributed by atoms with Gasteiger partial charge in [0.25, 0.3) is 0 Å². The number of alkyl halides is 3. The van der Waals surface area contributed by atoms with E-state index in [4.69, 9.17) is 0 Å². The molecule has 8 heteroatoms. The van der Waals surface area contributed by atoms with E-state index in [0.717, 1.165) is 17.5 Å². The second-order valence-electron chi connectivity index (χ2n) is 7.00. The summed E-state index contributed by atoms with van der Waals surface area (Å²) in [5.41, 5.74) is 0.323. The summed E-state index contributed by atoms with van der Waals surface area (Å²) in [6, 6.07) is -0.268. The van der Waals surface area contributed by atoms with E-state index in [1.165, 1.54) is 0 Å². The first-order valence-corrected chi connectivity index (χ1v) is 8.01. The summed E-state index contributed by atoms with van der Waals surface area (Å²) >= 11 is 0. The highest BCUT2D eigenvalue weighted by molar-refractivity contribution is 5.80. The number of carbonyl (C=O) groups excluding carboxylic acids is 1. The lowest BCUT2D eigenvalue weighted by Crippen LogP contribution is -2.48. The van der Waals surface area contributed by atoms with Crippen LogP contribution in [0.1, 0.15) is 43.6 Å². The first-order valence-electron chi connectivity index (χ1n) is 8.01. The summed E-state index contributed by atoms with van der Waals surface area (Å²) in [7, 11) is 0. The zero-order valence-electron chi connectivity index (χ0n) is 14.4. The molecule has 1 aromatic rings. The molecule has 0 bridgehead atoms. The number of amides is 1. The van der Waals surface area contributed by atoms with Crippen LogP contribution < -0.4 is 0 Å². The normalized spacial score (nSPS) is 19.2. The Labute approximate surface area is 139 Å². The summed E-state index contributed by atoms with van der Waals surface area (Å²) in [5, 5.41) is 14.1. The lowest BCUT2D eigenvalue weighted by molar-refractivity contribution is -0.143. The van der Waals surface area contributed by atoms with Gasteiger partial charge in [0.15, 0.2) is 0 Å². The Kier molecular flexibility index (Phi) is 4.99. The van der Waals surface area contributed by atoms with Crippen LogP contribution in [0.3, 0.4) is 0 Å². The Morgan fingerprint density at radius 3 is 2.50 bits per heavy atom. The van der Waals surface area contributed by atoms with Crippen LogP contribution in [-0.2, 0) is 17.8 Å². The van der Waals surface area contributed by atoms with Crippen LogP contribution in [0.2, 0.25) is 0 Å². The van der Waals surface area contributed by atoms with Crippen molar-refractivity contribution in [1.29, 1.82) is 0 Å². The van der Waals surface area contributed by atoms with E-state index < -0.39 is 18.3 Å². The van der Waals surface area contributed by atoms with Gasteiger partial charge >= 0.3 is 6.18 Å². The summed E-state index contributed by atoms with van der Waals surface area (Å²) in [6.45, 7) is 5.89. The molecule has 1 atom stereocenters. The average Bonchev–Trinajstić information content (AvgIpc) is 2.98. The van der Waals surface area contributed by atoms with Gasteiger partial charge in [-0.1, -0.05) is 0 Å². The molecule has 5 nitrogen and oxygen atoms in total. The summed E-state index contributed by atoms with van der Waals surface area (Å²) in [5.74, 6) is -0.183. The molecular weight excluding hydrogens is 323 g/mol. The first-order chi connectivity index (χ1) is 10.9. The van der Waals surface area contributed by atoms with Crippen molar-refractivity contribution in [2.45, 2.75) is 71.3 Å². The van der Waals surface area contributed by atoms with Gasteiger partial charge in [0, 0.05) is 17.8 Å². The summed E-state index contributed by atoms with van der Waals surface area (Å²) in [6.07, 6.45) is -2.82. The molecule has 24 heavy (non-hydrogen) atoms. The number of aliphatic hydroxyl groups is 1. The third kappa shape index (κ3) is 4.09. The minimum absolute atomic E-state index is 0.00209. The Bertz CT molecular complexity index is 617. The topological polar surface area (TPSA) is 58.4 Å². The Morgan fingerprint density at radius 1 is 1.33 bits per heavy atom. The third-order valence-corrected chi connectivity index (χ3v) is 4.58. The van der Waals surface area contributed by atoms with Crippen molar-refractivity contribution in [3.05, 3.63) is 17.0 Å². The number of carbonyl (C=O) groups is 1. The number of nitrogens with zero attached hydrogens (tertiary/aromatic N) is 3. The van der Waals surface area contributed by atoms with Gasteiger partial charge in [0.2, 0.25) is 5.91 Å². The molecule has 2 rings (SSSR count). The van der Waals surface area contributed by atoms with E-state index in [1.54, 1.807) is 32.6 Å². The maximum absolute atomic E-state index is 12.6. The molecular formula is C16H24F3N3O2. The van der Waals surface area contributed by atoms with E-state index in [0.29, 0.717) is 23.5 Å². The predicted octanol–water partition coefficient (Wildman–Crippen LogP) is 2.37. The first kappa shape index (κ1) is 18.8. The van der Waals surface area contributed by atoms with Gasteiger partial charge in [-0.05, 0) is 40.5 Å². The monoisotopic (exact) mass is 347 g/mol. The summed E-state index contributed by atoms with van der Waals surface area (Å²) < 4.78 is 38.7. The fraction of sp³-hybridized carbons (Fsp3) is 0.750. The highest BCUT2D eigenvalue weighted by Crippen LogP contribution is 2.28. The molecule has 136 valence electrons. The minimum Gasteiger partial charge on any atom is -0.388 e. The third-order valence-electron chi connectivity index (χ3n) is 4.58. The summed E-state index contributed by atoms with van der Waals surface area (Å²) in [4.78, 5) is 14.3. The molecule has 1 fully saturated rings. The largest absolute Gasteiger partial charge is 0.408 e. The van der Waals surface area contributed by atoms with Gasteiger partial charge in [-0.2, -0.15) is 18.3 Å². The Morgan fingerprint density at radius 2 is 1.96 bits per heavy atom. The lowest BCUT2D eigenvalue weighted by Gasteiger charge is -2.34. The van der Waals surface area contributed by atoms with E-state index in [9.17, 15) is 23.1 Å². The molecule has 1 saturated heterocycles. The van der Waals surface area contributed by atoms with Crippen LogP contribution in [0.25, 0.3) is 0 Å². The van der Waals surface area contributed by atoms with E-state index in [-0.39, 0.29) is 18.4 Å². The number of hydrogen-bond donors (Lipinski definition) is 1. The molecule has 0 saturated carbocycles. The van der Waals surface area contributed by atoms with Gasteiger partial charge in [-0.3, -0.25) is 9.48 Å². The van der Waals surface area contributed by atoms with Crippen molar-refractivity contribution in [2.24, 2.45) is 0 Å². The van der Waals surface area contributed by atoms with Crippen LogP contribution in [0, 0.1) is 13.8 Å². The van der Waals surface area contributed by atoms with Crippen molar-refractivity contribution in [1.82, 2.24) is 14.7 Å². The highest BCUT2D eigenvalue weighted by atomic mass is 19.4. The van der Waals surface area contributed by atoms with Gasteiger partial charge in [0.05, 0.1) is 23.8 Å². The quantitative estimate of drug-likeness (QED) is 0.910. The molecule has 0 aliphatic carbocycles. The molecule has 2 heterocycles. The van der Waals surface area contributed by atoms with E-state index in [2.05, 4.69) is 5.10 Å². The number of halogens is 3. The lowest BCUT2D eigenvalue weighted by atomic mass is 9.96. The Hall–Kier alpha value is -1.57. The second kappa shape index (κ2) is 6.38. The van der Waals surface area contributed by atoms with Crippen LogP contribution >= 0.6 is 0 Å². The molecule has 1 aliphatic heterocycles. The SMILES string of the molecule is Cc1nn(CC(F)(F)F)c(C)c1CC(=O)N1CCCC1C(C)(C)O. The van der Waals surface area contributed by atoms with Crippen molar-refractivity contribution >= 4 is 5.91 Å². The van der Waals surface area contributed by atoms with Crippen LogP contribution in [0.4, 0.5) is 13.2 Å². The zero-order valence-corrected chi connectivity index (χ0v) is 14.4. The van der Waals surface area contributed by atoms with Crippen LogP contribution in [-0.4, -0.2) is 50.1 Å². The van der Waals surface area contributed by atoms with E-state index in [1.807, 2.05) is 0 Å². The average molecular weight is 347 g/mol. The highest BCUT2D eigenvalue weighted by Gasteiger charge is 2.38. The predicted molar refractivity (Wildman–Crippen MR) is 82.5 cm³/mol. The molecule has 1 amide bonds. The van der Waals surface area contributed by atoms with Crippen LogP contribution in [0.15, 0.2) is 0 Å². The molecule has 1 aromatic heterocycles. The molecule has 0 aromatic carbocycles. The van der Waals surface area contributed by atoms with Crippen molar-refractivity contribution in [3.63, 3.8) is 0 Å². The van der Waals surface area contributed by atoms with Gasteiger partial charge in [0.1, 0.15) is 6.54 Å². The fourth-order valence-corrected chi connectivity index (χ4v) is 3.37. The van der Waals surface area contributed by atoms with Gasteiger partial charge in [-0.25, -0.2) is 0 Å². The Balaban J connectivity index is 2.18. The molecule has 1 N–H and O–H groups in total. The maximum Gasteiger partial charge on any atom is 0.408 e. The van der Waals surface area contributed by atoms with Crippen molar-refractivity contribution < 1.29 is 23.1 Å². The smallest absolute Gasteiger partial charge is 0.388 e. The van der Waals surface area contributed by atoms with Crippen LogP contribution in [0.5, 0.6) is 0 Å². The number of aryl methyl sites for hydroxylation is 1. The van der Waals surface area contributed by atoms with Crippen molar-refractivity contribution in [3.8, 4) is 0 Å². The zero-order chi connectivity index (χ0) is 18.3. The molecule has 1 aliphatic rings. The molecule has 1 unspecified atom stereocenters. The number of likely N-dealkylation sites (tertiary alicyclic amines) is 1. The number of rotatable bonds is 4. The molecule has 0 spiro atoms.